The summed E-state index contributed by atoms with van der Waals surface area (Å²) in [6.07, 6.45) is 11.1. The van der Waals surface area contributed by atoms with E-state index < -0.39 is 17.5 Å². The minimum atomic E-state index is -0.848. The van der Waals surface area contributed by atoms with Crippen molar-refractivity contribution < 1.29 is 13.6 Å². The number of carbonyl (C=O) groups is 1. The number of pyridine rings is 2. The standard InChI is InChI=1S/C23H21F2N7O/c24-15-9-17(25)21(26-12-15)22-20(13-32(31-22)16-5-2-1-3-6-16)30-23(33)19-8-4-7-18(29-19)14-10-27-28-11-14/h4,7-13,16H,1-3,5-6H2,(H,27,28)(H,30,33). The highest BCUT2D eigenvalue weighted by Gasteiger charge is 2.24. The van der Waals surface area contributed by atoms with Crippen LogP contribution >= 0.6 is 0 Å². The van der Waals surface area contributed by atoms with Gasteiger partial charge < -0.3 is 5.32 Å². The zero-order valence-electron chi connectivity index (χ0n) is 17.6. The van der Waals surface area contributed by atoms with E-state index in [1.807, 2.05) is 0 Å². The van der Waals surface area contributed by atoms with Gasteiger partial charge in [0, 0.05) is 24.0 Å². The van der Waals surface area contributed by atoms with Gasteiger partial charge in [-0.3, -0.25) is 14.6 Å². The highest BCUT2D eigenvalue weighted by atomic mass is 19.1. The second-order valence-corrected chi connectivity index (χ2v) is 8.00. The zero-order valence-corrected chi connectivity index (χ0v) is 17.6. The van der Waals surface area contributed by atoms with Crippen LogP contribution < -0.4 is 5.32 Å². The van der Waals surface area contributed by atoms with E-state index in [9.17, 15) is 13.6 Å². The third-order valence-corrected chi connectivity index (χ3v) is 5.74. The summed E-state index contributed by atoms with van der Waals surface area (Å²) in [6, 6.07) is 5.97. The van der Waals surface area contributed by atoms with Crippen LogP contribution in [0.25, 0.3) is 22.6 Å². The lowest BCUT2D eigenvalue weighted by Crippen LogP contribution is -2.14. The molecule has 1 amide bonds. The van der Waals surface area contributed by atoms with E-state index in [0.717, 1.165) is 43.5 Å². The van der Waals surface area contributed by atoms with Crippen LogP contribution in [-0.4, -0.2) is 35.9 Å². The van der Waals surface area contributed by atoms with Crippen molar-refractivity contribution in [1.82, 2.24) is 29.9 Å². The fourth-order valence-corrected chi connectivity index (χ4v) is 4.08. The molecule has 1 fully saturated rings. The fraction of sp³-hybridized carbons (Fsp3) is 0.261. The maximum absolute atomic E-state index is 14.6. The SMILES string of the molecule is O=C(Nc1cn(C2CCCCC2)nc1-c1ncc(F)cc1F)c1cccc(-c2cn[nH]c2)n1. The van der Waals surface area contributed by atoms with Crippen molar-refractivity contribution in [3.05, 3.63) is 66.4 Å². The first-order chi connectivity index (χ1) is 16.1. The molecule has 0 saturated heterocycles. The molecule has 4 aromatic heterocycles. The molecule has 2 N–H and O–H groups in total. The lowest BCUT2D eigenvalue weighted by atomic mass is 9.96. The molecule has 4 heterocycles. The van der Waals surface area contributed by atoms with Crippen molar-refractivity contribution in [2.45, 2.75) is 38.1 Å². The first kappa shape index (κ1) is 20.9. The Morgan fingerprint density at radius 2 is 1.97 bits per heavy atom. The van der Waals surface area contributed by atoms with Crippen LogP contribution in [0.5, 0.6) is 0 Å². The Labute approximate surface area is 188 Å². The number of carbonyl (C=O) groups excluding carboxylic acids is 1. The van der Waals surface area contributed by atoms with Crippen LogP contribution in [0.2, 0.25) is 0 Å². The average Bonchev–Trinajstić information content (AvgIpc) is 3.51. The van der Waals surface area contributed by atoms with E-state index in [-0.39, 0.29) is 23.1 Å². The molecule has 1 aliphatic carbocycles. The third-order valence-electron chi connectivity index (χ3n) is 5.74. The molecule has 0 atom stereocenters. The second kappa shape index (κ2) is 8.89. The number of nitrogens with one attached hydrogen (secondary N) is 2. The van der Waals surface area contributed by atoms with Crippen LogP contribution in [0.15, 0.2) is 49.1 Å². The highest BCUT2D eigenvalue weighted by molar-refractivity contribution is 6.04. The normalized spacial score (nSPS) is 14.4. The second-order valence-electron chi connectivity index (χ2n) is 8.00. The van der Waals surface area contributed by atoms with Crippen molar-refractivity contribution in [3.8, 4) is 22.6 Å². The van der Waals surface area contributed by atoms with Gasteiger partial charge in [0.25, 0.3) is 5.91 Å². The summed E-state index contributed by atoms with van der Waals surface area (Å²) in [6.45, 7) is 0. The average molecular weight is 449 g/mol. The smallest absolute Gasteiger partial charge is 0.274 e. The van der Waals surface area contributed by atoms with Crippen molar-refractivity contribution in [2.24, 2.45) is 0 Å². The van der Waals surface area contributed by atoms with E-state index in [2.05, 4.69) is 30.6 Å². The van der Waals surface area contributed by atoms with Gasteiger partial charge >= 0.3 is 0 Å². The summed E-state index contributed by atoms with van der Waals surface area (Å²) in [5.74, 6) is -2.11. The molecule has 168 valence electrons. The Balaban J connectivity index is 1.49. The van der Waals surface area contributed by atoms with E-state index in [4.69, 9.17) is 0 Å². The number of aromatic amines is 1. The molecule has 0 spiro atoms. The van der Waals surface area contributed by atoms with Gasteiger partial charge in [0.15, 0.2) is 5.82 Å². The van der Waals surface area contributed by atoms with Gasteiger partial charge in [-0.25, -0.2) is 18.7 Å². The quantitative estimate of drug-likeness (QED) is 0.457. The number of H-pyrrole nitrogens is 1. The topological polar surface area (TPSA) is 101 Å². The lowest BCUT2D eigenvalue weighted by molar-refractivity contribution is 0.102. The number of hydrogen-bond donors (Lipinski definition) is 2. The van der Waals surface area contributed by atoms with Crippen molar-refractivity contribution in [1.29, 1.82) is 0 Å². The molecule has 8 nitrogen and oxygen atoms in total. The molecule has 4 aromatic rings. The first-order valence-electron chi connectivity index (χ1n) is 10.8. The molecular formula is C23H21F2N7O. The van der Waals surface area contributed by atoms with Crippen LogP contribution in [0.4, 0.5) is 14.5 Å². The molecule has 0 radical (unpaired) electrons. The van der Waals surface area contributed by atoms with Gasteiger partial charge in [0.05, 0.1) is 29.8 Å². The molecule has 1 aliphatic rings. The molecule has 1 saturated carbocycles. The van der Waals surface area contributed by atoms with Gasteiger partial charge in [-0.05, 0) is 25.0 Å². The van der Waals surface area contributed by atoms with Crippen LogP contribution in [-0.2, 0) is 0 Å². The number of rotatable bonds is 5. The number of aromatic nitrogens is 6. The van der Waals surface area contributed by atoms with Gasteiger partial charge in [0.2, 0.25) is 0 Å². The first-order valence-corrected chi connectivity index (χ1v) is 10.8. The summed E-state index contributed by atoms with van der Waals surface area (Å²) < 4.78 is 29.7. The molecule has 0 aromatic carbocycles. The number of amides is 1. The minimum Gasteiger partial charge on any atom is -0.317 e. The molecule has 0 bridgehead atoms. The van der Waals surface area contributed by atoms with Crippen LogP contribution in [0.1, 0.15) is 48.6 Å². The van der Waals surface area contributed by atoms with Crippen LogP contribution in [0.3, 0.4) is 0 Å². The van der Waals surface area contributed by atoms with Gasteiger partial charge in [-0.2, -0.15) is 10.2 Å². The number of anilines is 1. The Morgan fingerprint density at radius 3 is 2.73 bits per heavy atom. The third kappa shape index (κ3) is 4.36. The number of nitrogens with zero attached hydrogens (tertiary/aromatic N) is 5. The fourth-order valence-electron chi connectivity index (χ4n) is 4.08. The lowest BCUT2D eigenvalue weighted by Gasteiger charge is -2.21. The Hall–Kier alpha value is -3.95. The van der Waals surface area contributed by atoms with E-state index in [1.165, 1.54) is 6.42 Å². The van der Waals surface area contributed by atoms with Crippen LogP contribution in [0, 0.1) is 11.6 Å². The van der Waals surface area contributed by atoms with Crippen molar-refractivity contribution in [2.75, 3.05) is 5.32 Å². The molecule has 33 heavy (non-hydrogen) atoms. The van der Waals surface area contributed by atoms with Gasteiger partial charge in [0.1, 0.15) is 22.9 Å². The van der Waals surface area contributed by atoms with Gasteiger partial charge in [-0.15, -0.1) is 0 Å². The molecule has 5 rings (SSSR count). The van der Waals surface area contributed by atoms with E-state index in [1.54, 1.807) is 41.5 Å². The summed E-state index contributed by atoms with van der Waals surface area (Å²) >= 11 is 0. The summed E-state index contributed by atoms with van der Waals surface area (Å²) in [4.78, 5) is 21.3. The van der Waals surface area contributed by atoms with Gasteiger partial charge in [-0.1, -0.05) is 25.3 Å². The van der Waals surface area contributed by atoms with Crippen molar-refractivity contribution >= 4 is 11.6 Å². The predicted molar refractivity (Wildman–Crippen MR) is 117 cm³/mol. The van der Waals surface area contributed by atoms with E-state index in [0.29, 0.717) is 11.4 Å². The zero-order chi connectivity index (χ0) is 22.8. The van der Waals surface area contributed by atoms with E-state index >= 15 is 0 Å². The predicted octanol–water partition coefficient (Wildman–Crippen LogP) is 4.77. The van der Waals surface area contributed by atoms with Crippen molar-refractivity contribution in [3.63, 3.8) is 0 Å². The highest BCUT2D eigenvalue weighted by Crippen LogP contribution is 2.33. The summed E-state index contributed by atoms with van der Waals surface area (Å²) in [5, 5.41) is 14.0. The minimum absolute atomic E-state index is 0.124. The Morgan fingerprint density at radius 1 is 1.12 bits per heavy atom. The molecule has 0 unspecified atom stereocenters. The Bertz CT molecular complexity index is 1280. The largest absolute Gasteiger partial charge is 0.317 e. The molecular weight excluding hydrogens is 428 g/mol. The molecule has 0 aliphatic heterocycles. The molecule has 10 heteroatoms. The summed E-state index contributed by atoms with van der Waals surface area (Å²) in [5.41, 5.74) is 1.82. The maximum Gasteiger partial charge on any atom is 0.274 e. The summed E-state index contributed by atoms with van der Waals surface area (Å²) in [7, 11) is 0. The number of halogens is 2. The monoisotopic (exact) mass is 449 g/mol. The maximum atomic E-state index is 14.6. The Kier molecular flexibility index (Phi) is 5.64. The number of hydrogen-bond acceptors (Lipinski definition) is 5.